The van der Waals surface area contributed by atoms with E-state index in [1.165, 1.54) is 26.4 Å². The number of carbonyl (C=O) groups is 2. The predicted molar refractivity (Wildman–Crippen MR) is 77.8 cm³/mol. The van der Waals surface area contributed by atoms with E-state index in [0.29, 0.717) is 18.7 Å². The van der Waals surface area contributed by atoms with E-state index in [-0.39, 0.29) is 11.5 Å². The van der Waals surface area contributed by atoms with Gasteiger partial charge in [0.05, 0.1) is 12.7 Å². The lowest BCUT2D eigenvalue weighted by atomic mass is 10.1. The second-order valence-electron chi connectivity index (χ2n) is 5.05. The number of carboxylic acid groups (broad SMARTS) is 1. The molecule has 0 bridgehead atoms. The van der Waals surface area contributed by atoms with Crippen molar-refractivity contribution in [1.82, 2.24) is 5.32 Å². The number of rotatable bonds is 7. The summed E-state index contributed by atoms with van der Waals surface area (Å²) in [4.78, 5) is 22.7. The van der Waals surface area contributed by atoms with Crippen LogP contribution >= 0.6 is 0 Å². The zero-order chi connectivity index (χ0) is 16.0. The van der Waals surface area contributed by atoms with Crippen molar-refractivity contribution in [2.45, 2.75) is 25.9 Å². The first-order valence-electron chi connectivity index (χ1n) is 6.55. The number of nitrogens with one attached hydrogen (secondary N) is 1. The zero-order valence-electron chi connectivity index (χ0n) is 12.7. The number of carbonyl (C=O) groups excluding carboxylic acids is 1. The van der Waals surface area contributed by atoms with Crippen molar-refractivity contribution in [3.63, 3.8) is 0 Å². The van der Waals surface area contributed by atoms with Gasteiger partial charge in [-0.25, -0.2) is 4.79 Å². The minimum Gasteiger partial charge on any atom is -0.496 e. The summed E-state index contributed by atoms with van der Waals surface area (Å²) in [6.07, 6.45) is 0.536. The van der Waals surface area contributed by atoms with E-state index >= 15 is 0 Å². The van der Waals surface area contributed by atoms with E-state index in [9.17, 15) is 9.59 Å². The van der Waals surface area contributed by atoms with Gasteiger partial charge in [-0.3, -0.25) is 4.79 Å². The Morgan fingerprint density at radius 2 is 1.95 bits per heavy atom. The topological polar surface area (TPSA) is 84.9 Å². The molecule has 2 N–H and O–H groups in total. The minimum atomic E-state index is -1.00. The fourth-order valence-corrected chi connectivity index (χ4v) is 1.70. The van der Waals surface area contributed by atoms with Gasteiger partial charge in [-0.05, 0) is 38.0 Å². The average molecular weight is 295 g/mol. The lowest BCUT2D eigenvalue weighted by Crippen LogP contribution is -2.44. The molecular formula is C15H21NO5. The van der Waals surface area contributed by atoms with E-state index in [0.717, 1.165) is 5.56 Å². The van der Waals surface area contributed by atoms with Crippen LogP contribution in [0.25, 0.3) is 0 Å². The van der Waals surface area contributed by atoms with Crippen LogP contribution in [0.5, 0.6) is 5.75 Å². The van der Waals surface area contributed by atoms with Crippen molar-refractivity contribution in [3.05, 3.63) is 29.3 Å². The van der Waals surface area contributed by atoms with E-state index in [1.807, 2.05) is 0 Å². The maximum absolute atomic E-state index is 11.8. The largest absolute Gasteiger partial charge is 0.496 e. The molecule has 1 amide bonds. The van der Waals surface area contributed by atoms with E-state index in [1.54, 1.807) is 19.9 Å². The number of aromatic carboxylic acids is 1. The summed E-state index contributed by atoms with van der Waals surface area (Å²) in [6.45, 7) is 3.78. The highest BCUT2D eigenvalue weighted by Crippen LogP contribution is 2.20. The highest BCUT2D eigenvalue weighted by atomic mass is 16.5. The molecule has 1 aromatic carbocycles. The SMILES string of the molecule is COc1cc(C(=O)O)ccc1CCNC(=O)C(C)(C)OC. The summed E-state index contributed by atoms with van der Waals surface area (Å²) in [5.41, 5.74) is 0.121. The zero-order valence-corrected chi connectivity index (χ0v) is 12.7. The summed E-state index contributed by atoms with van der Waals surface area (Å²) in [5, 5.41) is 11.7. The Kier molecular flexibility index (Phi) is 5.72. The van der Waals surface area contributed by atoms with Crippen LogP contribution in [0.15, 0.2) is 18.2 Å². The molecule has 1 aromatic rings. The number of hydrogen-bond acceptors (Lipinski definition) is 4. The highest BCUT2D eigenvalue weighted by molar-refractivity contribution is 5.88. The number of ether oxygens (including phenoxy) is 2. The van der Waals surface area contributed by atoms with Crippen molar-refractivity contribution in [3.8, 4) is 5.75 Å². The molecule has 0 aliphatic rings. The van der Waals surface area contributed by atoms with Gasteiger partial charge in [-0.1, -0.05) is 6.07 Å². The van der Waals surface area contributed by atoms with E-state index in [4.69, 9.17) is 14.6 Å². The Morgan fingerprint density at radius 1 is 1.29 bits per heavy atom. The molecule has 21 heavy (non-hydrogen) atoms. The molecule has 0 fully saturated rings. The van der Waals surface area contributed by atoms with Crippen molar-refractivity contribution in [1.29, 1.82) is 0 Å². The Hall–Kier alpha value is -2.08. The van der Waals surface area contributed by atoms with Gasteiger partial charge in [0.25, 0.3) is 5.91 Å². The summed E-state index contributed by atoms with van der Waals surface area (Å²) in [6, 6.07) is 4.68. The van der Waals surface area contributed by atoms with Crippen molar-refractivity contribution >= 4 is 11.9 Å². The Labute approximate surface area is 124 Å². The van der Waals surface area contributed by atoms with Crippen LogP contribution in [0.4, 0.5) is 0 Å². The van der Waals surface area contributed by atoms with Gasteiger partial charge in [0.15, 0.2) is 0 Å². The molecule has 116 valence electrons. The summed E-state index contributed by atoms with van der Waals surface area (Å²) in [5.74, 6) is -0.712. The van der Waals surface area contributed by atoms with Crippen molar-refractivity contribution < 1.29 is 24.2 Å². The standard InChI is InChI=1S/C15H21NO5/c1-15(2,21-4)14(19)16-8-7-10-5-6-11(13(17)18)9-12(10)20-3/h5-6,9H,7-8H2,1-4H3,(H,16,19)(H,17,18). The molecule has 0 heterocycles. The smallest absolute Gasteiger partial charge is 0.335 e. The van der Waals surface area contributed by atoms with E-state index < -0.39 is 11.6 Å². The molecule has 0 saturated heterocycles. The fourth-order valence-electron chi connectivity index (χ4n) is 1.70. The van der Waals surface area contributed by atoms with Gasteiger partial charge in [-0.2, -0.15) is 0 Å². The van der Waals surface area contributed by atoms with Gasteiger partial charge in [0.2, 0.25) is 0 Å². The van der Waals surface area contributed by atoms with Crippen LogP contribution in [0.2, 0.25) is 0 Å². The molecule has 0 saturated carbocycles. The molecule has 0 radical (unpaired) electrons. The molecule has 0 aromatic heterocycles. The molecular weight excluding hydrogens is 274 g/mol. The van der Waals surface area contributed by atoms with Crippen LogP contribution in [0, 0.1) is 0 Å². The second-order valence-corrected chi connectivity index (χ2v) is 5.05. The molecule has 6 heteroatoms. The normalized spacial score (nSPS) is 11.0. The van der Waals surface area contributed by atoms with Crippen LogP contribution in [-0.2, 0) is 16.0 Å². The van der Waals surface area contributed by atoms with Gasteiger partial charge in [-0.15, -0.1) is 0 Å². The summed E-state index contributed by atoms with van der Waals surface area (Å²) < 4.78 is 10.3. The van der Waals surface area contributed by atoms with Crippen molar-refractivity contribution in [2.75, 3.05) is 20.8 Å². The monoisotopic (exact) mass is 295 g/mol. The second kappa shape index (κ2) is 7.08. The quantitative estimate of drug-likeness (QED) is 0.796. The van der Waals surface area contributed by atoms with Crippen molar-refractivity contribution in [2.24, 2.45) is 0 Å². The number of amides is 1. The first-order chi connectivity index (χ1) is 9.81. The maximum Gasteiger partial charge on any atom is 0.335 e. The van der Waals surface area contributed by atoms with Gasteiger partial charge in [0, 0.05) is 13.7 Å². The minimum absolute atomic E-state index is 0.167. The van der Waals surface area contributed by atoms with Crippen LogP contribution < -0.4 is 10.1 Å². The van der Waals surface area contributed by atoms with Crippen LogP contribution in [0.3, 0.4) is 0 Å². The first-order valence-corrected chi connectivity index (χ1v) is 6.55. The lowest BCUT2D eigenvalue weighted by molar-refractivity contribution is -0.139. The van der Waals surface area contributed by atoms with Crippen LogP contribution in [0.1, 0.15) is 29.8 Å². The predicted octanol–water partition coefficient (Wildman–Crippen LogP) is 1.48. The molecule has 0 aliphatic heterocycles. The molecule has 6 nitrogen and oxygen atoms in total. The average Bonchev–Trinajstić information content (AvgIpc) is 2.46. The number of carboxylic acids is 1. The summed E-state index contributed by atoms with van der Waals surface area (Å²) >= 11 is 0. The molecule has 0 aliphatic carbocycles. The highest BCUT2D eigenvalue weighted by Gasteiger charge is 2.26. The Morgan fingerprint density at radius 3 is 2.48 bits per heavy atom. The third-order valence-electron chi connectivity index (χ3n) is 3.27. The fraction of sp³-hybridized carbons (Fsp3) is 0.467. The third kappa shape index (κ3) is 4.46. The third-order valence-corrected chi connectivity index (χ3v) is 3.27. The summed E-state index contributed by atoms with van der Waals surface area (Å²) in [7, 11) is 2.96. The number of benzene rings is 1. The van der Waals surface area contributed by atoms with Gasteiger partial charge >= 0.3 is 5.97 Å². The lowest BCUT2D eigenvalue weighted by Gasteiger charge is -2.21. The number of methoxy groups -OCH3 is 2. The number of hydrogen-bond donors (Lipinski definition) is 2. The molecule has 0 atom stereocenters. The van der Waals surface area contributed by atoms with Crippen LogP contribution in [-0.4, -0.2) is 43.3 Å². The van der Waals surface area contributed by atoms with Gasteiger partial charge in [0.1, 0.15) is 11.4 Å². The molecule has 0 unspecified atom stereocenters. The first kappa shape index (κ1) is 17.0. The molecule has 1 rings (SSSR count). The Bertz CT molecular complexity index is 525. The van der Waals surface area contributed by atoms with Gasteiger partial charge < -0.3 is 19.9 Å². The molecule has 0 spiro atoms. The van der Waals surface area contributed by atoms with E-state index in [2.05, 4.69) is 5.32 Å². The maximum atomic E-state index is 11.8. The Balaban J connectivity index is 2.68.